The van der Waals surface area contributed by atoms with Crippen LogP contribution in [-0.4, -0.2) is 85.6 Å². The van der Waals surface area contributed by atoms with Crippen LogP contribution in [0.4, 0.5) is 5.82 Å². The summed E-state index contributed by atoms with van der Waals surface area (Å²) in [5, 5.41) is 20.9. The number of nitrogen functional groups attached to an aromatic ring is 1. The highest BCUT2D eigenvalue weighted by atomic mass is 16.6. The maximum atomic E-state index is 10.5. The van der Waals surface area contributed by atoms with Gasteiger partial charge in [-0.15, -0.1) is 0 Å². The van der Waals surface area contributed by atoms with E-state index in [4.69, 9.17) is 22.0 Å². The minimum Gasteiger partial charge on any atom is -0.387 e. The van der Waals surface area contributed by atoms with E-state index in [1.165, 1.54) is 12.7 Å². The van der Waals surface area contributed by atoms with Gasteiger partial charge in [0.15, 0.2) is 17.7 Å². The summed E-state index contributed by atoms with van der Waals surface area (Å²) in [6.45, 7) is 1.64. The summed E-state index contributed by atoms with van der Waals surface area (Å²) in [5.41, 5.74) is 14.4. The molecule has 0 amide bonds. The molecule has 154 valence electrons. The summed E-state index contributed by atoms with van der Waals surface area (Å²) in [6, 6.07) is 0. The Bertz CT molecular complexity index is 827. The zero-order valence-corrected chi connectivity index (χ0v) is 15.5. The number of hydrogen-bond donors (Lipinski definition) is 6. The van der Waals surface area contributed by atoms with E-state index in [-0.39, 0.29) is 11.8 Å². The van der Waals surface area contributed by atoms with Gasteiger partial charge in [0.2, 0.25) is 5.96 Å². The molecule has 9 N–H and O–H groups in total. The van der Waals surface area contributed by atoms with E-state index in [2.05, 4.69) is 25.4 Å². The molecule has 1 aliphatic heterocycles. The Labute approximate surface area is 161 Å². The first-order valence-electron chi connectivity index (χ1n) is 8.82. The number of hydrogen-bond acceptors (Lipinski definition) is 10. The van der Waals surface area contributed by atoms with E-state index in [0.29, 0.717) is 30.8 Å². The molecule has 0 aromatic carbocycles. The lowest BCUT2D eigenvalue weighted by Gasteiger charge is -2.22. The summed E-state index contributed by atoms with van der Waals surface area (Å²) < 4.78 is 7.47. The molecule has 13 heteroatoms. The van der Waals surface area contributed by atoms with Crippen molar-refractivity contribution < 1.29 is 14.9 Å². The van der Waals surface area contributed by atoms with Crippen molar-refractivity contribution in [3.05, 3.63) is 12.7 Å². The van der Waals surface area contributed by atoms with Crippen LogP contribution in [0, 0.1) is 0 Å². The molecule has 0 unspecified atom stereocenters. The molecule has 0 aliphatic carbocycles. The van der Waals surface area contributed by atoms with Crippen LogP contribution in [0.25, 0.3) is 11.2 Å². The molecular weight excluding hydrogens is 368 g/mol. The molecule has 0 bridgehead atoms. The van der Waals surface area contributed by atoms with Gasteiger partial charge in [0.05, 0.1) is 6.33 Å². The quantitative estimate of drug-likeness (QED) is 0.0927. The largest absolute Gasteiger partial charge is 0.387 e. The Balaban J connectivity index is 1.61. The minimum absolute atomic E-state index is 0.181. The predicted octanol–water partition coefficient (Wildman–Crippen LogP) is -2.87. The number of nitrogens with zero attached hydrogens (tertiary/aromatic N) is 6. The Kier molecular flexibility index (Phi) is 6.21. The van der Waals surface area contributed by atoms with E-state index >= 15 is 0 Å². The molecule has 1 saturated heterocycles. The number of likely N-dealkylation sites (N-methyl/N-ethyl adjacent to an activating group) is 1. The number of aromatic nitrogens is 4. The lowest BCUT2D eigenvalue weighted by molar-refractivity contribution is -0.0421. The van der Waals surface area contributed by atoms with E-state index in [0.717, 1.165) is 6.42 Å². The summed E-state index contributed by atoms with van der Waals surface area (Å²) >= 11 is 0. The van der Waals surface area contributed by atoms with Crippen molar-refractivity contribution >= 4 is 22.9 Å². The molecule has 2 aromatic heterocycles. The molecule has 1 aliphatic rings. The number of aliphatic hydroxyl groups excluding tert-OH is 2. The molecule has 0 spiro atoms. The second kappa shape index (κ2) is 8.62. The van der Waals surface area contributed by atoms with Gasteiger partial charge >= 0.3 is 0 Å². The van der Waals surface area contributed by atoms with Gasteiger partial charge in [-0.2, -0.15) is 0 Å². The van der Waals surface area contributed by atoms with Gasteiger partial charge in [-0.25, -0.2) is 20.8 Å². The fraction of sp³-hybridized carbons (Fsp3) is 0.600. The molecule has 0 radical (unpaired) electrons. The van der Waals surface area contributed by atoms with Gasteiger partial charge in [-0.3, -0.25) is 15.0 Å². The topological polar surface area (TPSA) is 199 Å². The fourth-order valence-corrected chi connectivity index (χ4v) is 3.15. The third-order valence-corrected chi connectivity index (χ3v) is 4.62. The number of rotatable bonds is 7. The van der Waals surface area contributed by atoms with Gasteiger partial charge in [0.25, 0.3) is 0 Å². The normalized spacial score (nSPS) is 25.7. The minimum atomic E-state index is -1.13. The summed E-state index contributed by atoms with van der Waals surface area (Å²) in [6.07, 6.45) is -0.0690. The van der Waals surface area contributed by atoms with Crippen LogP contribution in [-0.2, 0) is 4.74 Å². The van der Waals surface area contributed by atoms with E-state index < -0.39 is 24.5 Å². The maximum Gasteiger partial charge on any atom is 0.203 e. The molecule has 2 aromatic rings. The number of ether oxygens (including phenoxy) is 1. The van der Waals surface area contributed by atoms with Crippen LogP contribution in [0.1, 0.15) is 12.6 Å². The smallest absolute Gasteiger partial charge is 0.203 e. The molecular formula is C15H26N10O3. The lowest BCUT2D eigenvalue weighted by atomic mass is 10.1. The number of nitrogens with two attached hydrogens (primary N) is 3. The second-order valence-electron chi connectivity index (χ2n) is 6.66. The second-order valence-corrected chi connectivity index (χ2v) is 6.66. The molecule has 3 heterocycles. The van der Waals surface area contributed by atoms with Crippen molar-refractivity contribution in [1.82, 2.24) is 29.8 Å². The van der Waals surface area contributed by atoms with Crippen LogP contribution in [0.15, 0.2) is 17.6 Å². The van der Waals surface area contributed by atoms with Crippen molar-refractivity contribution in [2.45, 2.75) is 31.0 Å². The van der Waals surface area contributed by atoms with E-state index in [1.54, 1.807) is 4.57 Å². The van der Waals surface area contributed by atoms with Gasteiger partial charge in [-0.05, 0) is 20.0 Å². The average Bonchev–Trinajstić information content (AvgIpc) is 3.22. The summed E-state index contributed by atoms with van der Waals surface area (Å²) in [7, 11) is 1.89. The highest BCUT2D eigenvalue weighted by molar-refractivity contribution is 5.81. The molecule has 28 heavy (non-hydrogen) atoms. The third kappa shape index (κ3) is 4.13. The SMILES string of the molecule is CN(CCCN=C(N)NN)C[C@H]1O[C@@H](n2cnc3c(N)ncnc32)[C@H](O)[C@@H]1O. The molecule has 3 rings (SSSR count). The zero-order chi connectivity index (χ0) is 20.3. The van der Waals surface area contributed by atoms with Gasteiger partial charge in [-0.1, -0.05) is 0 Å². The number of anilines is 1. The van der Waals surface area contributed by atoms with Crippen molar-refractivity contribution in [2.24, 2.45) is 16.6 Å². The van der Waals surface area contributed by atoms with Crippen molar-refractivity contribution in [3.63, 3.8) is 0 Å². The average molecular weight is 394 g/mol. The number of imidazole rings is 1. The first-order chi connectivity index (χ1) is 13.4. The number of aliphatic hydroxyl groups is 2. The van der Waals surface area contributed by atoms with Crippen LogP contribution >= 0.6 is 0 Å². The van der Waals surface area contributed by atoms with E-state index in [9.17, 15) is 10.2 Å². The Hall–Kier alpha value is -2.58. The number of guanidine groups is 1. The molecule has 1 fully saturated rings. The lowest BCUT2D eigenvalue weighted by Crippen LogP contribution is -2.39. The molecule has 4 atom stereocenters. The Morgan fingerprint density at radius 2 is 2.14 bits per heavy atom. The summed E-state index contributed by atoms with van der Waals surface area (Å²) in [4.78, 5) is 18.2. The standard InChI is InChI=1S/C15H26N10O3/c1-24(4-2-3-19-15(17)23-18)5-8-10(26)11(27)14(28-8)25-7-22-9-12(16)20-6-21-13(9)25/h6-8,10-11,14,26-27H,2-5,18H2,1H3,(H2,16,20,21)(H3,17,19,23)/t8-,10-,11-,14-/m1/s1. The Morgan fingerprint density at radius 3 is 2.89 bits per heavy atom. The van der Waals surface area contributed by atoms with Crippen molar-refractivity contribution in [1.29, 1.82) is 0 Å². The Morgan fingerprint density at radius 1 is 1.36 bits per heavy atom. The molecule has 0 saturated carbocycles. The predicted molar refractivity (Wildman–Crippen MR) is 102 cm³/mol. The van der Waals surface area contributed by atoms with Crippen LogP contribution in [0.2, 0.25) is 0 Å². The monoisotopic (exact) mass is 394 g/mol. The first-order valence-corrected chi connectivity index (χ1v) is 8.82. The third-order valence-electron chi connectivity index (χ3n) is 4.62. The van der Waals surface area contributed by atoms with Crippen LogP contribution in [0.5, 0.6) is 0 Å². The number of aliphatic imine (C=N–C) groups is 1. The summed E-state index contributed by atoms with van der Waals surface area (Å²) in [5.74, 6) is 5.56. The van der Waals surface area contributed by atoms with Crippen molar-refractivity contribution in [3.8, 4) is 0 Å². The highest BCUT2D eigenvalue weighted by Gasteiger charge is 2.44. The van der Waals surface area contributed by atoms with Crippen LogP contribution < -0.4 is 22.7 Å². The van der Waals surface area contributed by atoms with E-state index in [1.807, 2.05) is 11.9 Å². The van der Waals surface area contributed by atoms with Crippen molar-refractivity contribution in [2.75, 3.05) is 32.4 Å². The van der Waals surface area contributed by atoms with Gasteiger partial charge in [0.1, 0.15) is 30.2 Å². The first kappa shape index (κ1) is 20.2. The fourth-order valence-electron chi connectivity index (χ4n) is 3.15. The van der Waals surface area contributed by atoms with Gasteiger partial charge in [0, 0.05) is 13.1 Å². The number of fused-ring (bicyclic) bond motifs is 1. The highest BCUT2D eigenvalue weighted by Crippen LogP contribution is 2.32. The van der Waals surface area contributed by atoms with Crippen LogP contribution in [0.3, 0.4) is 0 Å². The number of nitrogens with one attached hydrogen (secondary N) is 1. The maximum absolute atomic E-state index is 10.5. The zero-order valence-electron chi connectivity index (χ0n) is 15.5. The van der Waals surface area contributed by atoms with Gasteiger partial charge < -0.3 is 31.3 Å². The number of hydrazine groups is 1. The molecule has 13 nitrogen and oxygen atoms in total.